The van der Waals surface area contributed by atoms with Gasteiger partial charge in [-0.3, -0.25) is 10.1 Å². The number of carbonyl (C=O) groups is 3. The molecule has 0 aliphatic heterocycles. The van der Waals surface area contributed by atoms with E-state index in [9.17, 15) is 22.8 Å². The van der Waals surface area contributed by atoms with Gasteiger partial charge in [0.2, 0.25) is 0 Å². The Balaban J connectivity index is 2.41. The molecule has 0 aliphatic rings. The van der Waals surface area contributed by atoms with Crippen molar-refractivity contribution >= 4 is 27.7 Å². The van der Waals surface area contributed by atoms with E-state index in [-0.39, 0.29) is 11.3 Å². The first-order valence-corrected chi connectivity index (χ1v) is 10.1. The van der Waals surface area contributed by atoms with Crippen molar-refractivity contribution in [3.05, 3.63) is 35.4 Å². The molecular weight excluding hydrogens is 360 g/mol. The molecular formula is C17H24N2O6S. The number of sulfone groups is 1. The smallest absolute Gasteiger partial charge is 0.338 e. The van der Waals surface area contributed by atoms with Crippen LogP contribution in [0, 0.1) is 5.92 Å². The van der Waals surface area contributed by atoms with E-state index in [2.05, 4.69) is 10.6 Å². The first-order chi connectivity index (χ1) is 12.1. The predicted molar refractivity (Wildman–Crippen MR) is 96.3 cm³/mol. The minimum atomic E-state index is -3.16. The molecule has 3 amide bonds. The Morgan fingerprint density at radius 1 is 1.12 bits per heavy atom. The van der Waals surface area contributed by atoms with Crippen molar-refractivity contribution in [2.75, 3.05) is 19.4 Å². The van der Waals surface area contributed by atoms with Crippen molar-refractivity contribution in [1.82, 2.24) is 10.6 Å². The first-order valence-electron chi connectivity index (χ1n) is 8.08. The normalized spacial score (nSPS) is 11.1. The van der Waals surface area contributed by atoms with Crippen LogP contribution < -0.4 is 10.6 Å². The zero-order valence-electron chi connectivity index (χ0n) is 15.1. The molecule has 144 valence electrons. The van der Waals surface area contributed by atoms with Gasteiger partial charge in [-0.25, -0.2) is 18.0 Å². The van der Waals surface area contributed by atoms with Gasteiger partial charge in [0.25, 0.3) is 5.91 Å². The second-order valence-corrected chi connectivity index (χ2v) is 8.47. The summed E-state index contributed by atoms with van der Waals surface area (Å²) in [5, 5.41) is 4.59. The quantitative estimate of drug-likeness (QED) is 0.651. The highest BCUT2D eigenvalue weighted by molar-refractivity contribution is 7.89. The number of ether oxygens (including phenoxy) is 1. The Kier molecular flexibility index (Phi) is 8.24. The highest BCUT2D eigenvalue weighted by Gasteiger charge is 2.13. The van der Waals surface area contributed by atoms with Crippen LogP contribution in [0.1, 0.15) is 36.2 Å². The fourth-order valence-corrected chi connectivity index (χ4v) is 2.73. The summed E-state index contributed by atoms with van der Waals surface area (Å²) in [6.45, 7) is 3.87. The van der Waals surface area contributed by atoms with Gasteiger partial charge < -0.3 is 10.1 Å². The van der Waals surface area contributed by atoms with Gasteiger partial charge >= 0.3 is 12.0 Å². The fourth-order valence-electron chi connectivity index (χ4n) is 1.94. The Labute approximate surface area is 153 Å². The summed E-state index contributed by atoms with van der Waals surface area (Å²) < 4.78 is 27.3. The van der Waals surface area contributed by atoms with Crippen molar-refractivity contribution in [2.24, 2.45) is 5.92 Å². The molecule has 0 aliphatic carbocycles. The summed E-state index contributed by atoms with van der Waals surface area (Å²) >= 11 is 0. The molecule has 1 rings (SSSR count). The number of urea groups is 1. The molecule has 1 aromatic carbocycles. The average molecular weight is 384 g/mol. The monoisotopic (exact) mass is 384 g/mol. The summed E-state index contributed by atoms with van der Waals surface area (Å²) in [6.07, 6.45) is 1.90. The maximum atomic E-state index is 11.9. The molecule has 1 aromatic rings. The first kappa shape index (κ1) is 21.6. The number of rotatable bonds is 8. The van der Waals surface area contributed by atoms with E-state index >= 15 is 0 Å². The number of esters is 1. The van der Waals surface area contributed by atoms with E-state index in [1.165, 1.54) is 24.3 Å². The zero-order valence-corrected chi connectivity index (χ0v) is 15.9. The molecule has 0 spiro atoms. The van der Waals surface area contributed by atoms with E-state index in [0.29, 0.717) is 18.0 Å². The largest absolute Gasteiger partial charge is 0.452 e. The third-order valence-corrected chi connectivity index (χ3v) is 4.07. The minimum absolute atomic E-state index is 0.128. The number of hydrogen-bond acceptors (Lipinski definition) is 6. The van der Waals surface area contributed by atoms with E-state index in [1.54, 1.807) is 0 Å². The van der Waals surface area contributed by atoms with Gasteiger partial charge in [0.15, 0.2) is 16.4 Å². The second kappa shape index (κ2) is 9.91. The van der Waals surface area contributed by atoms with Crippen LogP contribution in [-0.4, -0.2) is 45.7 Å². The van der Waals surface area contributed by atoms with Crippen molar-refractivity contribution in [3.63, 3.8) is 0 Å². The number of hydrogen-bond donors (Lipinski definition) is 2. The van der Waals surface area contributed by atoms with Crippen LogP contribution in [0.2, 0.25) is 0 Å². The van der Waals surface area contributed by atoms with Crippen LogP contribution in [0.4, 0.5) is 4.79 Å². The average Bonchev–Trinajstić information content (AvgIpc) is 2.51. The Morgan fingerprint density at radius 2 is 1.73 bits per heavy atom. The second-order valence-electron chi connectivity index (χ2n) is 6.33. The molecule has 0 saturated carbocycles. The molecule has 9 heteroatoms. The lowest BCUT2D eigenvalue weighted by Crippen LogP contribution is -2.41. The van der Waals surface area contributed by atoms with Gasteiger partial charge in [0.1, 0.15) is 0 Å². The Morgan fingerprint density at radius 3 is 2.27 bits per heavy atom. The number of nitrogens with one attached hydrogen (secondary N) is 2. The number of benzene rings is 1. The number of carbonyl (C=O) groups excluding carboxylic acids is 3. The highest BCUT2D eigenvalue weighted by Crippen LogP contribution is 2.09. The third kappa shape index (κ3) is 9.16. The Hall–Kier alpha value is -2.42. The van der Waals surface area contributed by atoms with Crippen LogP contribution in [0.3, 0.4) is 0 Å². The molecule has 26 heavy (non-hydrogen) atoms. The molecule has 0 bridgehead atoms. The van der Waals surface area contributed by atoms with Crippen molar-refractivity contribution in [2.45, 2.75) is 26.0 Å². The van der Waals surface area contributed by atoms with E-state index < -0.39 is 34.4 Å². The predicted octanol–water partition coefficient (Wildman–Crippen LogP) is 1.26. The minimum Gasteiger partial charge on any atom is -0.452 e. The summed E-state index contributed by atoms with van der Waals surface area (Å²) in [6, 6.07) is 5.19. The lowest BCUT2D eigenvalue weighted by atomic mass is 10.1. The standard InChI is InChI=1S/C17H24N2O6S/c1-12(2)8-9-18-17(22)19-15(20)10-25-16(21)14-6-4-13(5-7-14)11-26(3,23)24/h4-7,12H,8-11H2,1-3H3,(H2,18,19,20,22). The number of amides is 3. The summed E-state index contributed by atoms with van der Waals surface area (Å²) in [5.74, 6) is -1.19. The van der Waals surface area contributed by atoms with Gasteiger partial charge in [-0.1, -0.05) is 26.0 Å². The maximum absolute atomic E-state index is 11.9. The molecule has 0 radical (unpaired) electrons. The topological polar surface area (TPSA) is 119 Å². The van der Waals surface area contributed by atoms with Crippen LogP contribution in [-0.2, 0) is 25.1 Å². The zero-order chi connectivity index (χ0) is 19.7. The molecule has 0 fully saturated rings. The maximum Gasteiger partial charge on any atom is 0.338 e. The number of imide groups is 1. The van der Waals surface area contributed by atoms with E-state index in [0.717, 1.165) is 12.7 Å². The Bertz CT molecular complexity index is 741. The van der Waals surface area contributed by atoms with E-state index in [4.69, 9.17) is 4.74 Å². The summed E-state index contributed by atoms with van der Waals surface area (Å²) in [5.41, 5.74) is 0.719. The van der Waals surface area contributed by atoms with Crippen LogP contribution in [0.5, 0.6) is 0 Å². The van der Waals surface area contributed by atoms with Crippen LogP contribution in [0.15, 0.2) is 24.3 Å². The van der Waals surface area contributed by atoms with Crippen molar-refractivity contribution in [3.8, 4) is 0 Å². The fraction of sp³-hybridized carbons (Fsp3) is 0.471. The van der Waals surface area contributed by atoms with Gasteiger partial charge in [-0.2, -0.15) is 0 Å². The SMILES string of the molecule is CC(C)CCNC(=O)NC(=O)COC(=O)c1ccc(CS(C)(=O)=O)cc1. The van der Waals surface area contributed by atoms with Crippen molar-refractivity contribution < 1.29 is 27.5 Å². The molecule has 0 aromatic heterocycles. The van der Waals surface area contributed by atoms with Gasteiger partial charge in [-0.15, -0.1) is 0 Å². The third-order valence-electron chi connectivity index (χ3n) is 3.21. The lowest BCUT2D eigenvalue weighted by molar-refractivity contribution is -0.123. The van der Waals surface area contributed by atoms with Gasteiger partial charge in [0, 0.05) is 12.8 Å². The van der Waals surface area contributed by atoms with Gasteiger partial charge in [0.05, 0.1) is 11.3 Å². The molecule has 8 nitrogen and oxygen atoms in total. The molecule has 0 saturated heterocycles. The lowest BCUT2D eigenvalue weighted by Gasteiger charge is -2.09. The van der Waals surface area contributed by atoms with Gasteiger partial charge in [-0.05, 0) is 30.0 Å². The van der Waals surface area contributed by atoms with Crippen molar-refractivity contribution in [1.29, 1.82) is 0 Å². The molecule has 0 unspecified atom stereocenters. The van der Waals surface area contributed by atoms with E-state index in [1.807, 2.05) is 13.8 Å². The highest BCUT2D eigenvalue weighted by atomic mass is 32.2. The summed E-state index contributed by atoms with van der Waals surface area (Å²) in [7, 11) is -3.16. The van der Waals surface area contributed by atoms with Crippen LogP contribution in [0.25, 0.3) is 0 Å². The molecule has 0 heterocycles. The molecule has 2 N–H and O–H groups in total. The van der Waals surface area contributed by atoms with Crippen LogP contribution >= 0.6 is 0 Å². The molecule has 0 atom stereocenters. The summed E-state index contributed by atoms with van der Waals surface area (Å²) in [4.78, 5) is 34.9.